The molecule has 2 aliphatic heterocycles. The van der Waals surface area contributed by atoms with Crippen LogP contribution in [0.4, 0.5) is 0 Å². The van der Waals surface area contributed by atoms with Gasteiger partial charge < -0.3 is 14.8 Å². The van der Waals surface area contributed by atoms with Crippen LogP contribution in [-0.2, 0) is 9.47 Å². The molecule has 0 bridgehead atoms. The van der Waals surface area contributed by atoms with Gasteiger partial charge in [-0.2, -0.15) is 0 Å². The van der Waals surface area contributed by atoms with Crippen LogP contribution < -0.4 is 5.32 Å². The van der Waals surface area contributed by atoms with Gasteiger partial charge in [0.25, 0.3) is 0 Å². The van der Waals surface area contributed by atoms with Crippen LogP contribution in [0.5, 0.6) is 0 Å². The highest BCUT2D eigenvalue weighted by Gasteiger charge is 2.36. The number of hydrogen-bond acceptors (Lipinski definition) is 3. The van der Waals surface area contributed by atoms with E-state index in [0.29, 0.717) is 12.1 Å². The lowest BCUT2D eigenvalue weighted by Crippen LogP contribution is -2.52. The molecule has 112 valence electrons. The van der Waals surface area contributed by atoms with Crippen LogP contribution in [-0.4, -0.2) is 36.5 Å². The molecule has 2 heterocycles. The Labute approximate surface area is 118 Å². The van der Waals surface area contributed by atoms with Crippen LogP contribution >= 0.6 is 0 Å². The predicted molar refractivity (Wildman–Crippen MR) is 78.5 cm³/mol. The highest BCUT2D eigenvalue weighted by Crippen LogP contribution is 2.32. The molecule has 2 fully saturated rings. The highest BCUT2D eigenvalue weighted by atomic mass is 16.5. The molecule has 1 N–H and O–H groups in total. The summed E-state index contributed by atoms with van der Waals surface area (Å²) in [4.78, 5) is 0. The molecule has 2 unspecified atom stereocenters. The maximum absolute atomic E-state index is 6.06. The quantitative estimate of drug-likeness (QED) is 0.849. The van der Waals surface area contributed by atoms with E-state index in [9.17, 15) is 0 Å². The molecule has 0 aromatic rings. The van der Waals surface area contributed by atoms with Crippen molar-refractivity contribution in [2.45, 2.75) is 89.5 Å². The monoisotopic (exact) mass is 269 g/mol. The zero-order valence-corrected chi connectivity index (χ0v) is 13.1. The Kier molecular flexibility index (Phi) is 4.91. The summed E-state index contributed by atoms with van der Waals surface area (Å²) in [5, 5.41) is 3.88. The molecule has 3 heteroatoms. The minimum atomic E-state index is 0.0354. The molecule has 0 aromatic carbocycles. The fraction of sp³-hybridized carbons (Fsp3) is 1.00. The predicted octanol–water partition coefficient (Wildman–Crippen LogP) is 3.27. The van der Waals surface area contributed by atoms with Gasteiger partial charge in [-0.15, -0.1) is 0 Å². The Hall–Kier alpha value is -0.120. The Balaban J connectivity index is 1.88. The molecule has 2 saturated heterocycles. The van der Waals surface area contributed by atoms with Crippen molar-refractivity contribution in [1.82, 2.24) is 5.32 Å². The van der Waals surface area contributed by atoms with Crippen molar-refractivity contribution >= 4 is 0 Å². The second kappa shape index (κ2) is 6.11. The van der Waals surface area contributed by atoms with E-state index in [1.165, 1.54) is 0 Å². The summed E-state index contributed by atoms with van der Waals surface area (Å²) < 4.78 is 11.9. The maximum atomic E-state index is 6.06. The van der Waals surface area contributed by atoms with E-state index < -0.39 is 0 Å². The van der Waals surface area contributed by atoms with Gasteiger partial charge in [0.2, 0.25) is 0 Å². The number of hydrogen-bond donors (Lipinski definition) is 1. The number of rotatable bonds is 4. The summed E-state index contributed by atoms with van der Waals surface area (Å²) in [6.45, 7) is 10.7. The van der Waals surface area contributed by atoms with E-state index in [1.54, 1.807) is 0 Å². The average Bonchev–Trinajstić information content (AvgIpc) is 2.38. The third kappa shape index (κ3) is 3.93. The number of ether oxygens (including phenoxy) is 2. The van der Waals surface area contributed by atoms with Crippen LogP contribution in [0.3, 0.4) is 0 Å². The lowest BCUT2D eigenvalue weighted by Gasteiger charge is -2.43. The van der Waals surface area contributed by atoms with Crippen molar-refractivity contribution in [3.8, 4) is 0 Å². The standard InChI is InChI=1S/C16H31NO2/c1-5-16(6-2)12-14(8-10-19-16)17-13-7-9-18-15(3,4)11-13/h13-14,17H,5-12H2,1-4H3. The van der Waals surface area contributed by atoms with Crippen molar-refractivity contribution in [2.24, 2.45) is 0 Å². The van der Waals surface area contributed by atoms with Crippen molar-refractivity contribution in [3.05, 3.63) is 0 Å². The van der Waals surface area contributed by atoms with Gasteiger partial charge in [-0.25, -0.2) is 0 Å². The van der Waals surface area contributed by atoms with E-state index in [-0.39, 0.29) is 11.2 Å². The fourth-order valence-corrected chi connectivity index (χ4v) is 3.62. The Morgan fingerprint density at radius 3 is 2.11 bits per heavy atom. The first kappa shape index (κ1) is 15.3. The number of nitrogens with one attached hydrogen (secondary N) is 1. The maximum Gasteiger partial charge on any atom is 0.0692 e. The Bertz CT molecular complexity index is 286. The first-order valence-electron chi connectivity index (χ1n) is 8.02. The highest BCUT2D eigenvalue weighted by molar-refractivity contribution is 4.91. The molecule has 0 radical (unpaired) electrons. The molecule has 2 atom stereocenters. The molecule has 0 spiro atoms. The second-order valence-electron chi connectivity index (χ2n) is 6.89. The normalized spacial score (nSPS) is 34.1. The summed E-state index contributed by atoms with van der Waals surface area (Å²) in [7, 11) is 0. The molecule has 3 nitrogen and oxygen atoms in total. The molecule has 19 heavy (non-hydrogen) atoms. The van der Waals surface area contributed by atoms with Gasteiger partial charge in [-0.1, -0.05) is 13.8 Å². The first-order chi connectivity index (χ1) is 8.99. The Morgan fingerprint density at radius 1 is 0.947 bits per heavy atom. The molecule has 0 amide bonds. The van der Waals surface area contributed by atoms with E-state index in [2.05, 4.69) is 33.0 Å². The molecule has 0 aliphatic carbocycles. The summed E-state index contributed by atoms with van der Waals surface area (Å²) >= 11 is 0. The van der Waals surface area contributed by atoms with Gasteiger partial charge in [-0.3, -0.25) is 0 Å². The van der Waals surface area contributed by atoms with Crippen molar-refractivity contribution in [2.75, 3.05) is 13.2 Å². The largest absolute Gasteiger partial charge is 0.375 e. The zero-order chi connectivity index (χ0) is 13.9. The van der Waals surface area contributed by atoms with Gasteiger partial charge in [0, 0.05) is 25.3 Å². The lowest BCUT2D eigenvalue weighted by molar-refractivity contribution is -0.100. The fourth-order valence-electron chi connectivity index (χ4n) is 3.62. The van der Waals surface area contributed by atoms with Gasteiger partial charge in [0.15, 0.2) is 0 Å². The zero-order valence-electron chi connectivity index (χ0n) is 13.1. The van der Waals surface area contributed by atoms with E-state index in [4.69, 9.17) is 9.47 Å². The minimum Gasteiger partial charge on any atom is -0.375 e. The second-order valence-corrected chi connectivity index (χ2v) is 6.89. The van der Waals surface area contributed by atoms with E-state index in [1.807, 2.05) is 0 Å². The van der Waals surface area contributed by atoms with Crippen LogP contribution in [0, 0.1) is 0 Å². The van der Waals surface area contributed by atoms with Gasteiger partial charge in [0.1, 0.15) is 0 Å². The van der Waals surface area contributed by atoms with Gasteiger partial charge in [-0.05, 0) is 52.4 Å². The van der Waals surface area contributed by atoms with Crippen molar-refractivity contribution in [3.63, 3.8) is 0 Å². The van der Waals surface area contributed by atoms with E-state index >= 15 is 0 Å². The summed E-state index contributed by atoms with van der Waals surface area (Å²) in [6, 6.07) is 1.23. The Morgan fingerprint density at radius 2 is 1.53 bits per heavy atom. The van der Waals surface area contributed by atoms with Gasteiger partial charge >= 0.3 is 0 Å². The third-order valence-electron chi connectivity index (χ3n) is 4.95. The van der Waals surface area contributed by atoms with Crippen LogP contribution in [0.2, 0.25) is 0 Å². The topological polar surface area (TPSA) is 30.5 Å². The minimum absolute atomic E-state index is 0.0354. The molecular weight excluding hydrogens is 238 g/mol. The van der Waals surface area contributed by atoms with Gasteiger partial charge in [0.05, 0.1) is 11.2 Å². The van der Waals surface area contributed by atoms with Crippen LogP contribution in [0.15, 0.2) is 0 Å². The summed E-state index contributed by atoms with van der Waals surface area (Å²) in [6.07, 6.45) is 6.83. The molecule has 0 aromatic heterocycles. The van der Waals surface area contributed by atoms with Crippen molar-refractivity contribution < 1.29 is 9.47 Å². The van der Waals surface area contributed by atoms with E-state index in [0.717, 1.165) is 51.7 Å². The molecule has 0 saturated carbocycles. The first-order valence-corrected chi connectivity index (χ1v) is 8.02. The third-order valence-corrected chi connectivity index (χ3v) is 4.95. The van der Waals surface area contributed by atoms with Crippen LogP contribution in [0.1, 0.15) is 66.2 Å². The lowest BCUT2D eigenvalue weighted by atomic mass is 9.84. The molecule has 2 aliphatic rings. The van der Waals surface area contributed by atoms with Crippen LogP contribution in [0.25, 0.3) is 0 Å². The SMILES string of the molecule is CCC1(CC)CC(NC2CCOC(C)(C)C2)CCO1. The molecule has 2 rings (SSSR count). The average molecular weight is 269 g/mol. The smallest absolute Gasteiger partial charge is 0.0692 e. The summed E-state index contributed by atoms with van der Waals surface area (Å²) in [5.41, 5.74) is 0.157. The summed E-state index contributed by atoms with van der Waals surface area (Å²) in [5.74, 6) is 0. The molecular formula is C16H31NO2. The van der Waals surface area contributed by atoms with Crippen molar-refractivity contribution in [1.29, 1.82) is 0 Å².